The minimum Gasteiger partial charge on any atom is -0.377 e. The summed E-state index contributed by atoms with van der Waals surface area (Å²) in [6.45, 7) is 0. The number of aromatic nitrogens is 2. The number of fused-ring (bicyclic) bond motifs is 1. The Balaban J connectivity index is 1.44. The van der Waals surface area contributed by atoms with Gasteiger partial charge in [0.25, 0.3) is 0 Å². The Morgan fingerprint density at radius 2 is 1.98 bits per heavy atom. The molecule has 3 heterocycles. The van der Waals surface area contributed by atoms with Crippen LogP contribution in [0, 0.1) is 29.6 Å². The zero-order chi connectivity index (χ0) is 30.0. The molecule has 1 aliphatic heterocycles. The lowest BCUT2D eigenvalue weighted by Crippen LogP contribution is -2.38. The van der Waals surface area contributed by atoms with Gasteiger partial charge in [-0.2, -0.15) is 9.65 Å². The number of nitrogens with zero attached hydrogens (tertiary/aromatic N) is 4. The van der Waals surface area contributed by atoms with E-state index in [4.69, 9.17) is 18.0 Å². The van der Waals surface area contributed by atoms with Crippen molar-refractivity contribution in [1.29, 1.82) is 5.26 Å². The van der Waals surface area contributed by atoms with Gasteiger partial charge >= 0.3 is 0 Å². The molecule has 42 heavy (non-hydrogen) atoms. The molecule has 2 aromatic heterocycles. The molecule has 4 N–H and O–H groups in total. The molecule has 4 aromatic rings. The van der Waals surface area contributed by atoms with E-state index in [-0.39, 0.29) is 6.04 Å². The van der Waals surface area contributed by atoms with Gasteiger partial charge in [-0.1, -0.05) is 48.0 Å². The van der Waals surface area contributed by atoms with Crippen LogP contribution in [0.15, 0.2) is 78.9 Å². The molecular weight excluding hydrogens is 551 g/mol. The first-order valence-corrected chi connectivity index (χ1v) is 14.0. The predicted molar refractivity (Wildman–Crippen MR) is 162 cm³/mol. The summed E-state index contributed by atoms with van der Waals surface area (Å²) in [5.74, 6) is 2.06. The van der Waals surface area contributed by atoms with Gasteiger partial charge in [-0.25, -0.2) is 4.98 Å². The zero-order valence-electron chi connectivity index (χ0n) is 23.5. The number of hydrogen-bond acceptors (Lipinski definition) is 8. The molecule has 210 valence electrons. The van der Waals surface area contributed by atoms with Crippen molar-refractivity contribution in [3.63, 3.8) is 0 Å². The first-order chi connectivity index (χ1) is 20.9. The summed E-state index contributed by atoms with van der Waals surface area (Å²) in [4.78, 5) is 8.28. The first-order valence-electron chi connectivity index (χ1n) is 14.1. The molecule has 2 aliphatic rings. The average molecular weight is 580 g/mol. The fraction of sp³-hybridized carbons (Fsp3) is 0.219. The van der Waals surface area contributed by atoms with Crippen LogP contribution >= 0.6 is 11.6 Å². The van der Waals surface area contributed by atoms with Crippen LogP contribution in [0.25, 0.3) is 10.9 Å². The molecule has 0 unspecified atom stereocenters. The summed E-state index contributed by atoms with van der Waals surface area (Å²) in [6, 6.07) is 16.9. The molecular formula is C32H28ClFN8. The summed E-state index contributed by atoms with van der Waals surface area (Å²) in [5, 5.41) is 19.7. The fourth-order valence-electron chi connectivity index (χ4n) is 4.95. The molecule has 1 saturated carbocycles. The van der Waals surface area contributed by atoms with E-state index in [1.165, 1.54) is 24.5 Å². The summed E-state index contributed by atoms with van der Waals surface area (Å²) >= 11 is 6.78. The van der Waals surface area contributed by atoms with E-state index in [0.717, 1.165) is 18.4 Å². The second kappa shape index (κ2) is 12.0. The number of hydrogen-bond donors (Lipinski definition) is 4. The van der Waals surface area contributed by atoms with E-state index in [2.05, 4.69) is 43.6 Å². The van der Waals surface area contributed by atoms with Crippen LogP contribution in [0.4, 0.5) is 15.8 Å². The molecule has 0 amide bonds. The van der Waals surface area contributed by atoms with Crippen LogP contribution in [-0.2, 0) is 0 Å². The summed E-state index contributed by atoms with van der Waals surface area (Å²) in [7, 11) is 0. The SMILES string of the molecule is [2H][C@](Nc1cc(Cl)c2ncc(C#N)c(N[C@@H](CCC#C)c3ccccc3)c2c1)(C1=CN(C2CC2)NN1)c1ccc(F)nc1. The molecule has 2 atom stereocenters. The van der Waals surface area contributed by atoms with Gasteiger partial charge in [-0.3, -0.25) is 9.99 Å². The third kappa shape index (κ3) is 5.80. The Morgan fingerprint density at radius 3 is 2.69 bits per heavy atom. The Hall–Kier alpha value is -4.83. The topological polar surface area (TPSA) is 101 Å². The maximum absolute atomic E-state index is 13.8. The smallest absolute Gasteiger partial charge is 0.212 e. The molecule has 10 heteroatoms. The van der Waals surface area contributed by atoms with Gasteiger partial charge in [-0.15, -0.1) is 17.9 Å². The van der Waals surface area contributed by atoms with Gasteiger partial charge < -0.3 is 16.1 Å². The Labute approximate surface area is 250 Å². The minimum atomic E-state index is -1.61. The number of nitriles is 1. The van der Waals surface area contributed by atoms with Gasteiger partial charge in [-0.05, 0) is 48.6 Å². The number of hydrazine groups is 2. The third-order valence-electron chi connectivity index (χ3n) is 7.23. The summed E-state index contributed by atoms with van der Waals surface area (Å²) < 4.78 is 23.4. The standard InChI is InChI=1S/C32H28ClFN8/c1-2-3-9-27(20-7-5-4-6-8-20)39-30-22(16-35)18-37-32-25(30)14-23(15-26(32)33)38-31(21-10-13-29(34)36-17-21)28-19-42(41-40-28)24-11-12-24/h1,4-8,10,13-15,17-19,24,27,31,38,40-41H,3,9,11-12H2,(H,37,39)/t27-,31+/m0/s1/i31D. The monoisotopic (exact) mass is 579 g/mol. The van der Waals surface area contributed by atoms with Crippen molar-refractivity contribution in [2.24, 2.45) is 0 Å². The lowest BCUT2D eigenvalue weighted by Gasteiger charge is -2.24. The molecule has 0 saturated heterocycles. The zero-order valence-corrected chi connectivity index (χ0v) is 23.3. The van der Waals surface area contributed by atoms with Crippen LogP contribution in [0.5, 0.6) is 0 Å². The molecule has 0 radical (unpaired) electrons. The van der Waals surface area contributed by atoms with Gasteiger partial charge in [0.1, 0.15) is 6.07 Å². The number of rotatable bonds is 10. The number of nitrogens with one attached hydrogen (secondary N) is 4. The first kappa shape index (κ1) is 26.1. The largest absolute Gasteiger partial charge is 0.377 e. The van der Waals surface area contributed by atoms with Crippen molar-refractivity contribution in [3.05, 3.63) is 107 Å². The van der Waals surface area contributed by atoms with Crippen molar-refractivity contribution in [2.75, 3.05) is 10.6 Å². The third-order valence-corrected chi connectivity index (χ3v) is 7.51. The Morgan fingerprint density at radius 1 is 1.14 bits per heavy atom. The number of benzene rings is 2. The summed E-state index contributed by atoms with van der Waals surface area (Å²) in [5.41, 5.74) is 10.00. The molecule has 6 rings (SSSR count). The molecule has 8 nitrogen and oxygen atoms in total. The highest BCUT2D eigenvalue weighted by Gasteiger charge is 2.32. The molecule has 1 fully saturated rings. The van der Waals surface area contributed by atoms with Crippen molar-refractivity contribution in [1.82, 2.24) is 25.9 Å². The minimum absolute atomic E-state index is 0.182. The van der Waals surface area contributed by atoms with Crippen molar-refractivity contribution >= 4 is 33.9 Å². The normalized spacial score (nSPS) is 16.8. The van der Waals surface area contributed by atoms with Crippen molar-refractivity contribution in [3.8, 4) is 18.4 Å². The highest BCUT2D eigenvalue weighted by atomic mass is 35.5. The Bertz CT molecular complexity index is 1770. The number of pyridine rings is 2. The lowest BCUT2D eigenvalue weighted by atomic mass is 10.00. The van der Waals surface area contributed by atoms with Crippen LogP contribution in [0.3, 0.4) is 0 Å². The van der Waals surface area contributed by atoms with Crippen LogP contribution in [0.2, 0.25) is 5.02 Å². The number of anilines is 2. The van der Waals surface area contributed by atoms with Gasteiger partial charge in [0.05, 0.1) is 40.9 Å². The lowest BCUT2D eigenvalue weighted by molar-refractivity contribution is 0.260. The van der Waals surface area contributed by atoms with Gasteiger partial charge in [0, 0.05) is 42.1 Å². The molecule has 2 aromatic carbocycles. The number of halogens is 2. The van der Waals surface area contributed by atoms with E-state index in [1.807, 2.05) is 47.6 Å². The maximum Gasteiger partial charge on any atom is 0.212 e. The quantitative estimate of drug-likeness (QED) is 0.127. The maximum atomic E-state index is 13.8. The van der Waals surface area contributed by atoms with Crippen LogP contribution in [0.1, 0.15) is 55.8 Å². The molecule has 0 spiro atoms. The van der Waals surface area contributed by atoms with E-state index in [1.54, 1.807) is 6.07 Å². The second-order valence-corrected chi connectivity index (χ2v) is 10.6. The van der Waals surface area contributed by atoms with E-state index in [9.17, 15) is 11.0 Å². The van der Waals surface area contributed by atoms with E-state index < -0.39 is 12.0 Å². The molecule has 1 aliphatic carbocycles. The fourth-order valence-corrected chi connectivity index (χ4v) is 5.22. The predicted octanol–water partition coefficient (Wildman–Crippen LogP) is 6.34. The van der Waals surface area contributed by atoms with E-state index in [0.29, 0.717) is 63.0 Å². The molecule has 0 bridgehead atoms. The Kier molecular flexibility index (Phi) is 7.43. The van der Waals surface area contributed by atoms with Crippen molar-refractivity contribution < 1.29 is 5.76 Å². The van der Waals surface area contributed by atoms with Crippen molar-refractivity contribution in [2.45, 2.75) is 43.8 Å². The van der Waals surface area contributed by atoms with Gasteiger partial charge in [0.2, 0.25) is 5.95 Å². The summed E-state index contributed by atoms with van der Waals surface area (Å²) in [6.07, 6.45) is 13.5. The van der Waals surface area contributed by atoms with Crippen LogP contribution < -0.4 is 21.6 Å². The second-order valence-electron chi connectivity index (χ2n) is 10.2. The highest BCUT2D eigenvalue weighted by molar-refractivity contribution is 6.35. The highest BCUT2D eigenvalue weighted by Crippen LogP contribution is 2.38. The number of terminal acetylenes is 1. The average Bonchev–Trinajstić information content (AvgIpc) is 3.75. The van der Waals surface area contributed by atoms with E-state index >= 15 is 0 Å². The van der Waals surface area contributed by atoms with Crippen LogP contribution in [-0.4, -0.2) is 21.0 Å². The van der Waals surface area contributed by atoms with Gasteiger partial charge in [0.15, 0.2) is 0 Å².